The normalized spacial score (nSPS) is 16.6. The number of aliphatic imine (C=N–C) groups is 1. The van der Waals surface area contributed by atoms with Crippen LogP contribution in [0.5, 0.6) is 0 Å². The molecule has 0 bridgehead atoms. The second-order valence-electron chi connectivity index (χ2n) is 7.41. The van der Waals surface area contributed by atoms with Gasteiger partial charge in [0.2, 0.25) is 10.0 Å². The molecule has 2 rings (SSSR count). The summed E-state index contributed by atoms with van der Waals surface area (Å²) in [6.45, 7) is 13.4. The zero-order valence-electron chi connectivity index (χ0n) is 18.3. The highest BCUT2D eigenvalue weighted by molar-refractivity contribution is 7.89. The topological polar surface area (TPSA) is 100 Å². The molecule has 1 saturated heterocycles. The molecule has 1 aromatic rings. The number of ether oxygens (including phenoxy) is 1. The summed E-state index contributed by atoms with van der Waals surface area (Å²) in [6.07, 6.45) is 0.798. The molecule has 0 saturated carbocycles. The van der Waals surface area contributed by atoms with Gasteiger partial charge in [0.15, 0.2) is 5.96 Å². The van der Waals surface area contributed by atoms with Gasteiger partial charge in [-0.2, -0.15) is 4.31 Å². The van der Waals surface area contributed by atoms with Crippen LogP contribution in [0.25, 0.3) is 0 Å². The maximum atomic E-state index is 12.5. The Kier molecular flexibility index (Phi) is 8.91. The van der Waals surface area contributed by atoms with Gasteiger partial charge >= 0.3 is 0 Å². The number of aromatic nitrogens is 1. The fraction of sp³-hybridized carbons (Fsp3) is 0.789. The summed E-state index contributed by atoms with van der Waals surface area (Å²) in [5, 5.41) is 7.29. The van der Waals surface area contributed by atoms with Crippen LogP contribution in [0.2, 0.25) is 0 Å². The molecule has 1 N–H and O–H groups in total. The molecule has 0 spiro atoms. The molecule has 166 valence electrons. The monoisotopic (exact) mass is 429 g/mol. The van der Waals surface area contributed by atoms with Crippen LogP contribution >= 0.6 is 0 Å². The molecule has 0 aromatic carbocycles. The molecule has 0 atom stereocenters. The van der Waals surface area contributed by atoms with E-state index in [9.17, 15) is 8.42 Å². The molecule has 0 amide bonds. The Balaban J connectivity index is 1.90. The van der Waals surface area contributed by atoms with Crippen LogP contribution in [0.4, 0.5) is 0 Å². The average molecular weight is 430 g/mol. The Morgan fingerprint density at radius 2 is 1.97 bits per heavy atom. The number of hydrogen-bond acceptors (Lipinski definition) is 6. The first kappa shape index (κ1) is 23.6. The van der Waals surface area contributed by atoms with Crippen molar-refractivity contribution in [1.29, 1.82) is 0 Å². The highest BCUT2D eigenvalue weighted by Gasteiger charge is 2.28. The van der Waals surface area contributed by atoms with Crippen molar-refractivity contribution in [2.24, 2.45) is 4.99 Å². The fourth-order valence-corrected chi connectivity index (χ4v) is 4.54. The molecule has 29 heavy (non-hydrogen) atoms. The first-order valence-corrected chi connectivity index (χ1v) is 11.9. The van der Waals surface area contributed by atoms with Gasteiger partial charge in [-0.15, -0.1) is 0 Å². The number of nitrogens with zero attached hydrogens (tertiary/aromatic N) is 4. The summed E-state index contributed by atoms with van der Waals surface area (Å²) in [5.74, 6) is 1.68. The molecule has 0 radical (unpaired) electrons. The Morgan fingerprint density at radius 1 is 1.28 bits per heavy atom. The van der Waals surface area contributed by atoms with Crippen LogP contribution in [0.3, 0.4) is 0 Å². The third-order valence-corrected chi connectivity index (χ3v) is 6.70. The van der Waals surface area contributed by atoms with Gasteiger partial charge in [-0.1, -0.05) is 5.16 Å². The number of sulfonamides is 1. The van der Waals surface area contributed by atoms with E-state index in [1.165, 1.54) is 0 Å². The van der Waals surface area contributed by atoms with Crippen molar-refractivity contribution in [1.82, 2.24) is 19.7 Å². The van der Waals surface area contributed by atoms with Gasteiger partial charge in [-0.3, -0.25) is 4.99 Å². The minimum atomic E-state index is -3.29. The van der Waals surface area contributed by atoms with Crippen molar-refractivity contribution in [3.05, 3.63) is 17.0 Å². The molecule has 10 heteroatoms. The summed E-state index contributed by atoms with van der Waals surface area (Å²) in [5.41, 5.74) is 2.01. The van der Waals surface area contributed by atoms with E-state index in [0.717, 1.165) is 35.9 Å². The third kappa shape index (κ3) is 6.97. The highest BCUT2D eigenvalue weighted by atomic mass is 32.2. The lowest BCUT2D eigenvalue weighted by atomic mass is 10.1. The minimum absolute atomic E-state index is 0.0246. The lowest BCUT2D eigenvalue weighted by molar-refractivity contribution is 0.0904. The van der Waals surface area contributed by atoms with Crippen LogP contribution in [0.1, 0.15) is 37.8 Å². The second kappa shape index (κ2) is 10.9. The van der Waals surface area contributed by atoms with Crippen LogP contribution < -0.4 is 5.32 Å². The lowest BCUT2D eigenvalue weighted by Crippen LogP contribution is -2.54. The summed E-state index contributed by atoms with van der Waals surface area (Å²) in [7, 11) is -3.29. The zero-order valence-corrected chi connectivity index (χ0v) is 19.1. The largest absolute Gasteiger partial charge is 0.378 e. The van der Waals surface area contributed by atoms with Crippen LogP contribution in [0, 0.1) is 13.8 Å². The number of rotatable bonds is 9. The van der Waals surface area contributed by atoms with E-state index in [1.807, 2.05) is 34.6 Å². The lowest BCUT2D eigenvalue weighted by Gasteiger charge is -2.36. The van der Waals surface area contributed by atoms with Crippen molar-refractivity contribution in [2.45, 2.75) is 47.1 Å². The van der Waals surface area contributed by atoms with Gasteiger partial charge in [-0.05, 0) is 41.0 Å². The van der Waals surface area contributed by atoms with E-state index in [0.29, 0.717) is 32.7 Å². The van der Waals surface area contributed by atoms with Crippen molar-refractivity contribution in [2.75, 3.05) is 51.6 Å². The van der Waals surface area contributed by atoms with Gasteiger partial charge in [0.25, 0.3) is 0 Å². The summed E-state index contributed by atoms with van der Waals surface area (Å²) in [4.78, 5) is 6.84. The van der Waals surface area contributed by atoms with Crippen molar-refractivity contribution >= 4 is 16.0 Å². The number of piperazine rings is 1. The Labute approximate surface area is 174 Å². The molecule has 1 fully saturated rings. The summed E-state index contributed by atoms with van der Waals surface area (Å²) in [6, 6.07) is 0. The number of hydrogen-bond donors (Lipinski definition) is 1. The van der Waals surface area contributed by atoms with Gasteiger partial charge < -0.3 is 19.5 Å². The number of nitrogens with one attached hydrogen (secondary N) is 1. The first-order valence-electron chi connectivity index (χ1n) is 10.3. The molecule has 0 aliphatic carbocycles. The van der Waals surface area contributed by atoms with Crippen molar-refractivity contribution in [3.63, 3.8) is 0 Å². The predicted molar refractivity (Wildman–Crippen MR) is 114 cm³/mol. The summed E-state index contributed by atoms with van der Waals surface area (Å²) < 4.78 is 37.2. The molecule has 1 aromatic heterocycles. The maximum Gasteiger partial charge on any atom is 0.216 e. The van der Waals surface area contributed by atoms with E-state index in [1.54, 1.807) is 4.31 Å². The van der Waals surface area contributed by atoms with Gasteiger partial charge in [0, 0.05) is 44.8 Å². The van der Waals surface area contributed by atoms with E-state index in [-0.39, 0.29) is 18.5 Å². The molecule has 0 unspecified atom stereocenters. The Morgan fingerprint density at radius 3 is 2.52 bits per heavy atom. The van der Waals surface area contributed by atoms with E-state index < -0.39 is 10.0 Å². The summed E-state index contributed by atoms with van der Waals surface area (Å²) >= 11 is 0. The predicted octanol–water partition coefficient (Wildman–Crippen LogP) is 1.17. The molecule has 1 aliphatic rings. The Bertz CT molecular complexity index is 748. The smallest absolute Gasteiger partial charge is 0.216 e. The molecule has 2 heterocycles. The molecule has 9 nitrogen and oxygen atoms in total. The first-order chi connectivity index (χ1) is 13.7. The van der Waals surface area contributed by atoms with E-state index in [2.05, 4.69) is 15.4 Å². The van der Waals surface area contributed by atoms with Crippen LogP contribution in [0.15, 0.2) is 9.52 Å². The van der Waals surface area contributed by atoms with Crippen molar-refractivity contribution < 1.29 is 17.7 Å². The van der Waals surface area contributed by atoms with Gasteiger partial charge in [0.05, 0.1) is 24.2 Å². The van der Waals surface area contributed by atoms with Crippen LogP contribution in [-0.2, 0) is 21.2 Å². The SMILES string of the molecule is CCNC(=NCCc1c(C)noc1C)N1CCN(S(=O)(=O)CCOC(C)C)CC1. The number of guanidine groups is 1. The molecule has 1 aliphatic heterocycles. The zero-order chi connectivity index (χ0) is 21.4. The molecular formula is C19H35N5O4S. The van der Waals surface area contributed by atoms with E-state index >= 15 is 0 Å². The van der Waals surface area contributed by atoms with Crippen LogP contribution in [-0.4, -0.2) is 86.5 Å². The third-order valence-electron chi connectivity index (χ3n) is 4.86. The quantitative estimate of drug-likeness (QED) is 0.465. The standard InChI is InChI=1S/C19H35N5O4S/c1-6-20-19(21-8-7-18-16(4)22-28-17(18)5)23-9-11-24(12-10-23)29(25,26)14-13-27-15(2)3/h15H,6-14H2,1-5H3,(H,20,21). The Hall–Kier alpha value is -1.65. The van der Waals surface area contributed by atoms with E-state index in [4.69, 9.17) is 14.3 Å². The highest BCUT2D eigenvalue weighted by Crippen LogP contribution is 2.13. The van der Waals surface area contributed by atoms with Crippen molar-refractivity contribution in [3.8, 4) is 0 Å². The van der Waals surface area contributed by atoms with Gasteiger partial charge in [0.1, 0.15) is 5.76 Å². The maximum absolute atomic E-state index is 12.5. The van der Waals surface area contributed by atoms with Gasteiger partial charge in [-0.25, -0.2) is 8.42 Å². The molecular weight excluding hydrogens is 394 g/mol. The second-order valence-corrected chi connectivity index (χ2v) is 9.50. The number of aryl methyl sites for hydroxylation is 2. The average Bonchev–Trinajstić information content (AvgIpc) is 2.99. The fourth-order valence-electron chi connectivity index (χ4n) is 3.25. The minimum Gasteiger partial charge on any atom is -0.378 e.